The van der Waals surface area contributed by atoms with Crippen LogP contribution in [0, 0.1) is 11.3 Å². The highest BCUT2D eigenvalue weighted by molar-refractivity contribution is 5.79. The van der Waals surface area contributed by atoms with Crippen LogP contribution in [-0.2, 0) is 9.53 Å². The van der Waals surface area contributed by atoms with Crippen molar-refractivity contribution in [3.05, 3.63) is 12.2 Å². The molecule has 2 saturated heterocycles. The summed E-state index contributed by atoms with van der Waals surface area (Å²) in [5.74, 6) is 2.08. The van der Waals surface area contributed by atoms with Gasteiger partial charge in [-0.25, -0.2) is 0 Å². The van der Waals surface area contributed by atoms with Gasteiger partial charge in [-0.05, 0) is 38.5 Å². The van der Waals surface area contributed by atoms with Gasteiger partial charge < -0.3 is 14.2 Å². The Labute approximate surface area is 155 Å². The van der Waals surface area contributed by atoms with Gasteiger partial charge in [-0.15, -0.1) is 10.2 Å². The fourth-order valence-electron chi connectivity index (χ4n) is 5.52. The molecule has 0 N–H and O–H groups in total. The summed E-state index contributed by atoms with van der Waals surface area (Å²) in [5.41, 5.74) is 0.127. The number of carbonyl (C=O) groups excluding carboxylic acids is 1. The van der Waals surface area contributed by atoms with Crippen molar-refractivity contribution in [1.82, 2.24) is 19.7 Å². The lowest BCUT2D eigenvalue weighted by atomic mass is 9.71. The van der Waals surface area contributed by atoms with Gasteiger partial charge in [0.25, 0.3) is 0 Å². The fourth-order valence-corrected chi connectivity index (χ4v) is 5.52. The van der Waals surface area contributed by atoms with Gasteiger partial charge in [0, 0.05) is 49.6 Å². The molecular formula is C20H30N4O2. The maximum Gasteiger partial charge on any atom is 0.225 e. The summed E-state index contributed by atoms with van der Waals surface area (Å²) in [7, 11) is 0. The molecule has 5 rings (SSSR count). The molecule has 2 aliphatic carbocycles. The quantitative estimate of drug-likeness (QED) is 0.833. The summed E-state index contributed by atoms with van der Waals surface area (Å²) in [6.45, 7) is 3.31. The molecule has 1 amide bonds. The maximum absolute atomic E-state index is 13.2. The van der Waals surface area contributed by atoms with Crippen LogP contribution in [0.3, 0.4) is 0 Å². The van der Waals surface area contributed by atoms with E-state index in [1.807, 2.05) is 6.33 Å². The third-order valence-electron chi connectivity index (χ3n) is 7.26. The molecule has 4 fully saturated rings. The van der Waals surface area contributed by atoms with E-state index in [9.17, 15) is 4.79 Å². The summed E-state index contributed by atoms with van der Waals surface area (Å²) in [5, 5.41) is 8.79. The zero-order valence-corrected chi connectivity index (χ0v) is 15.6. The minimum absolute atomic E-state index is 0.127. The number of likely N-dealkylation sites (tertiary alicyclic amines) is 1. The van der Waals surface area contributed by atoms with Gasteiger partial charge in [-0.1, -0.05) is 19.3 Å². The molecule has 0 bridgehead atoms. The second kappa shape index (κ2) is 6.63. The Hall–Kier alpha value is -1.43. The van der Waals surface area contributed by atoms with Crippen molar-refractivity contribution in [3.63, 3.8) is 0 Å². The van der Waals surface area contributed by atoms with Gasteiger partial charge in [0.1, 0.15) is 12.2 Å². The SMILES string of the molecule is O=C(C1CCCCC1)N1CC(c2nncn2C2CC2)C2(CCOCC2)C1. The number of hydrogen-bond donors (Lipinski definition) is 0. The van der Waals surface area contributed by atoms with Crippen molar-refractivity contribution < 1.29 is 9.53 Å². The number of amides is 1. The van der Waals surface area contributed by atoms with Gasteiger partial charge >= 0.3 is 0 Å². The van der Waals surface area contributed by atoms with Crippen LogP contribution in [0.2, 0.25) is 0 Å². The minimum atomic E-state index is 0.127. The standard InChI is InChI=1S/C20H30N4O2/c25-19(15-4-2-1-3-5-15)23-12-17(20(13-23)8-10-26-11-9-20)18-22-21-14-24(18)16-6-7-16/h14-17H,1-13H2. The summed E-state index contributed by atoms with van der Waals surface area (Å²) < 4.78 is 7.98. The van der Waals surface area contributed by atoms with Gasteiger partial charge in [0.05, 0.1) is 0 Å². The zero-order valence-electron chi connectivity index (χ0n) is 15.6. The fraction of sp³-hybridized carbons (Fsp3) is 0.850. The Balaban J connectivity index is 1.42. The van der Waals surface area contributed by atoms with E-state index in [1.165, 1.54) is 32.1 Å². The summed E-state index contributed by atoms with van der Waals surface area (Å²) >= 11 is 0. The van der Waals surface area contributed by atoms with Crippen molar-refractivity contribution in [2.24, 2.45) is 11.3 Å². The predicted molar refractivity (Wildman–Crippen MR) is 96.7 cm³/mol. The highest BCUT2D eigenvalue weighted by atomic mass is 16.5. The molecule has 2 aliphatic heterocycles. The molecule has 1 spiro atoms. The smallest absolute Gasteiger partial charge is 0.225 e. The number of aromatic nitrogens is 3. The van der Waals surface area contributed by atoms with E-state index in [2.05, 4.69) is 19.7 Å². The van der Waals surface area contributed by atoms with Crippen molar-refractivity contribution in [3.8, 4) is 0 Å². The zero-order chi connectivity index (χ0) is 17.6. The molecular weight excluding hydrogens is 328 g/mol. The molecule has 1 atom stereocenters. The lowest BCUT2D eigenvalue weighted by Gasteiger charge is -2.37. The van der Waals surface area contributed by atoms with Crippen LogP contribution >= 0.6 is 0 Å². The van der Waals surface area contributed by atoms with Gasteiger partial charge in [0.2, 0.25) is 5.91 Å². The highest BCUT2D eigenvalue weighted by Crippen LogP contribution is 2.51. The number of nitrogens with zero attached hydrogens (tertiary/aromatic N) is 4. The molecule has 26 heavy (non-hydrogen) atoms. The molecule has 3 heterocycles. The summed E-state index contributed by atoms with van der Waals surface area (Å²) in [6.07, 6.45) is 12.3. The van der Waals surface area contributed by atoms with Crippen molar-refractivity contribution >= 4 is 5.91 Å². The van der Waals surface area contributed by atoms with E-state index in [0.717, 1.165) is 57.8 Å². The topological polar surface area (TPSA) is 60.2 Å². The first-order valence-corrected chi connectivity index (χ1v) is 10.5. The third kappa shape index (κ3) is 2.86. The molecule has 2 saturated carbocycles. The van der Waals surface area contributed by atoms with E-state index < -0.39 is 0 Å². The summed E-state index contributed by atoms with van der Waals surface area (Å²) in [6, 6.07) is 0.583. The van der Waals surface area contributed by atoms with E-state index in [0.29, 0.717) is 17.9 Å². The van der Waals surface area contributed by atoms with Gasteiger partial charge in [-0.2, -0.15) is 0 Å². The molecule has 0 radical (unpaired) electrons. The van der Waals surface area contributed by atoms with E-state index in [4.69, 9.17) is 4.74 Å². The molecule has 4 aliphatic rings. The molecule has 0 aromatic carbocycles. The van der Waals surface area contributed by atoms with E-state index in [1.54, 1.807) is 0 Å². The lowest BCUT2D eigenvalue weighted by Crippen LogP contribution is -2.39. The maximum atomic E-state index is 13.2. The number of hydrogen-bond acceptors (Lipinski definition) is 4. The summed E-state index contributed by atoms with van der Waals surface area (Å²) in [4.78, 5) is 15.4. The van der Waals surface area contributed by atoms with Crippen LogP contribution in [-0.4, -0.2) is 51.9 Å². The Morgan fingerprint density at radius 1 is 1.12 bits per heavy atom. The Morgan fingerprint density at radius 2 is 1.88 bits per heavy atom. The van der Waals surface area contributed by atoms with Crippen molar-refractivity contribution in [2.75, 3.05) is 26.3 Å². The number of rotatable bonds is 3. The molecule has 1 unspecified atom stereocenters. The van der Waals surface area contributed by atoms with Crippen LogP contribution in [0.1, 0.15) is 75.6 Å². The van der Waals surface area contributed by atoms with E-state index >= 15 is 0 Å². The monoisotopic (exact) mass is 358 g/mol. The van der Waals surface area contributed by atoms with Crippen LogP contribution < -0.4 is 0 Å². The minimum Gasteiger partial charge on any atom is -0.381 e. The van der Waals surface area contributed by atoms with Crippen LogP contribution in [0.5, 0.6) is 0 Å². The first kappa shape index (κ1) is 16.7. The average molecular weight is 358 g/mol. The second-order valence-corrected chi connectivity index (χ2v) is 8.91. The first-order chi connectivity index (χ1) is 12.8. The normalized spacial score (nSPS) is 29.4. The van der Waals surface area contributed by atoms with Gasteiger partial charge in [-0.3, -0.25) is 4.79 Å². The molecule has 1 aromatic rings. The predicted octanol–water partition coefficient (Wildman–Crippen LogP) is 2.92. The van der Waals surface area contributed by atoms with Crippen LogP contribution in [0.4, 0.5) is 0 Å². The van der Waals surface area contributed by atoms with Crippen molar-refractivity contribution in [1.29, 1.82) is 0 Å². The van der Waals surface area contributed by atoms with Crippen molar-refractivity contribution in [2.45, 2.75) is 69.7 Å². The number of carbonyl (C=O) groups is 1. The number of ether oxygens (including phenoxy) is 1. The molecule has 1 aromatic heterocycles. The Morgan fingerprint density at radius 3 is 2.62 bits per heavy atom. The highest BCUT2D eigenvalue weighted by Gasteiger charge is 2.52. The Kier molecular flexibility index (Phi) is 4.26. The van der Waals surface area contributed by atoms with Crippen LogP contribution in [0.25, 0.3) is 0 Å². The third-order valence-corrected chi connectivity index (χ3v) is 7.26. The Bertz CT molecular complexity index is 657. The lowest BCUT2D eigenvalue weighted by molar-refractivity contribution is -0.136. The van der Waals surface area contributed by atoms with E-state index in [-0.39, 0.29) is 11.3 Å². The molecule has 6 heteroatoms. The van der Waals surface area contributed by atoms with Gasteiger partial charge in [0.15, 0.2) is 0 Å². The first-order valence-electron chi connectivity index (χ1n) is 10.5. The second-order valence-electron chi connectivity index (χ2n) is 8.91. The molecule has 6 nitrogen and oxygen atoms in total. The average Bonchev–Trinajstić information content (AvgIpc) is 3.32. The molecule has 142 valence electrons. The largest absolute Gasteiger partial charge is 0.381 e. The van der Waals surface area contributed by atoms with Crippen LogP contribution in [0.15, 0.2) is 6.33 Å².